The lowest BCUT2D eigenvalue weighted by atomic mass is 10.1. The predicted octanol–water partition coefficient (Wildman–Crippen LogP) is 4.28. The third kappa shape index (κ3) is 3.49. The summed E-state index contributed by atoms with van der Waals surface area (Å²) < 4.78 is 10.9. The molecule has 2 aliphatic rings. The first kappa shape index (κ1) is 17.6. The van der Waals surface area contributed by atoms with E-state index in [-0.39, 0.29) is 11.9 Å². The molecule has 0 saturated carbocycles. The third-order valence-electron chi connectivity index (χ3n) is 5.35. The first-order chi connectivity index (χ1) is 14.3. The van der Waals surface area contributed by atoms with E-state index in [1.54, 1.807) is 17.5 Å². The summed E-state index contributed by atoms with van der Waals surface area (Å²) >= 11 is 0. The van der Waals surface area contributed by atoms with Gasteiger partial charge >= 0.3 is 0 Å². The van der Waals surface area contributed by atoms with Crippen molar-refractivity contribution in [1.82, 2.24) is 5.01 Å². The number of allylic oxidation sites excluding steroid dienone is 1. The second-order valence-corrected chi connectivity index (χ2v) is 7.21. The number of para-hydroxylation sites is 1. The molecule has 2 aromatic heterocycles. The van der Waals surface area contributed by atoms with Crippen molar-refractivity contribution in [3.8, 4) is 0 Å². The molecule has 0 radical (unpaired) electrons. The van der Waals surface area contributed by atoms with Crippen LogP contribution >= 0.6 is 0 Å². The summed E-state index contributed by atoms with van der Waals surface area (Å²) in [7, 11) is 0. The zero-order valence-electron chi connectivity index (χ0n) is 15.9. The van der Waals surface area contributed by atoms with E-state index in [4.69, 9.17) is 8.83 Å². The van der Waals surface area contributed by atoms with E-state index in [1.807, 2.05) is 48.6 Å². The highest BCUT2D eigenvalue weighted by Gasteiger charge is 2.35. The Bertz CT molecular complexity index is 1050. The molecular formula is C23H21N3O3. The van der Waals surface area contributed by atoms with Gasteiger partial charge in [-0.2, -0.15) is 5.10 Å². The van der Waals surface area contributed by atoms with Crippen molar-refractivity contribution >= 4 is 23.4 Å². The number of amides is 1. The Kier molecular flexibility index (Phi) is 4.52. The molecule has 0 saturated heterocycles. The molecular weight excluding hydrogens is 366 g/mol. The fraction of sp³-hybridized carbons (Fsp3) is 0.217. The van der Waals surface area contributed by atoms with Crippen LogP contribution in [0.25, 0.3) is 6.08 Å². The molecule has 0 aliphatic carbocycles. The summed E-state index contributed by atoms with van der Waals surface area (Å²) in [5.74, 6) is 1.45. The molecule has 3 aromatic rings. The maximum Gasteiger partial charge on any atom is 0.262 e. The van der Waals surface area contributed by atoms with Gasteiger partial charge in [-0.15, -0.1) is 0 Å². The van der Waals surface area contributed by atoms with Crippen LogP contribution in [0.4, 0.5) is 5.69 Å². The smallest absolute Gasteiger partial charge is 0.262 e. The van der Waals surface area contributed by atoms with Gasteiger partial charge in [0.05, 0.1) is 24.8 Å². The molecule has 6 nitrogen and oxygen atoms in total. The lowest BCUT2D eigenvalue weighted by Gasteiger charge is -2.24. The Morgan fingerprint density at radius 3 is 2.76 bits per heavy atom. The van der Waals surface area contributed by atoms with Gasteiger partial charge in [-0.3, -0.25) is 4.79 Å². The van der Waals surface area contributed by atoms with E-state index in [0.29, 0.717) is 13.0 Å². The van der Waals surface area contributed by atoms with Crippen LogP contribution in [0, 0.1) is 0 Å². The average molecular weight is 387 g/mol. The lowest BCUT2D eigenvalue weighted by molar-refractivity contribution is -0.131. The van der Waals surface area contributed by atoms with Crippen LogP contribution in [-0.4, -0.2) is 29.7 Å². The molecule has 1 amide bonds. The summed E-state index contributed by atoms with van der Waals surface area (Å²) in [6.45, 7) is 1.15. The van der Waals surface area contributed by atoms with Crippen molar-refractivity contribution in [2.45, 2.75) is 18.9 Å². The molecule has 29 heavy (non-hydrogen) atoms. The second kappa shape index (κ2) is 7.47. The molecule has 0 bridgehead atoms. The maximum atomic E-state index is 13.2. The number of hydrogen-bond donors (Lipinski definition) is 0. The van der Waals surface area contributed by atoms with E-state index in [0.717, 1.165) is 35.9 Å². The molecule has 1 atom stereocenters. The number of benzene rings is 1. The maximum absolute atomic E-state index is 13.2. The van der Waals surface area contributed by atoms with Gasteiger partial charge in [0.25, 0.3) is 5.91 Å². The molecule has 0 fully saturated rings. The quantitative estimate of drug-likeness (QED) is 0.656. The highest BCUT2D eigenvalue weighted by molar-refractivity contribution is 6.01. The fourth-order valence-electron chi connectivity index (χ4n) is 3.94. The van der Waals surface area contributed by atoms with Gasteiger partial charge in [0.15, 0.2) is 0 Å². The first-order valence-corrected chi connectivity index (χ1v) is 9.75. The van der Waals surface area contributed by atoms with E-state index in [2.05, 4.69) is 22.1 Å². The molecule has 0 N–H and O–H groups in total. The number of nitrogens with zero attached hydrogens (tertiary/aromatic N) is 3. The average Bonchev–Trinajstić information content (AvgIpc) is 3.53. The van der Waals surface area contributed by atoms with Gasteiger partial charge < -0.3 is 13.7 Å². The van der Waals surface area contributed by atoms with Crippen molar-refractivity contribution in [2.75, 3.05) is 18.0 Å². The summed E-state index contributed by atoms with van der Waals surface area (Å²) in [6.07, 6.45) is 8.59. The number of anilines is 1. The summed E-state index contributed by atoms with van der Waals surface area (Å²) in [5.41, 5.74) is 3.24. The molecule has 4 heterocycles. The van der Waals surface area contributed by atoms with Gasteiger partial charge in [0.1, 0.15) is 17.6 Å². The Hall–Kier alpha value is -3.54. The predicted molar refractivity (Wildman–Crippen MR) is 110 cm³/mol. The van der Waals surface area contributed by atoms with Crippen LogP contribution < -0.4 is 4.90 Å². The number of carbonyl (C=O) groups is 1. The standard InChI is InChI=1S/C23H21N3O3/c27-23(16-25-12-11-17-5-1-2-7-20(17)25)26-21(22-8-4-14-29-22)15-18(24-26)9-10-19-6-3-13-28-19/h1-10,13-14,21H,11-12,15-16H2. The van der Waals surface area contributed by atoms with E-state index in [9.17, 15) is 4.79 Å². The van der Waals surface area contributed by atoms with Crippen molar-refractivity contribution in [1.29, 1.82) is 0 Å². The molecule has 146 valence electrons. The van der Waals surface area contributed by atoms with Crippen LogP contribution in [-0.2, 0) is 11.2 Å². The number of rotatable bonds is 5. The summed E-state index contributed by atoms with van der Waals surface area (Å²) in [5, 5.41) is 6.18. The van der Waals surface area contributed by atoms with Gasteiger partial charge in [-0.25, -0.2) is 5.01 Å². The minimum Gasteiger partial charge on any atom is -0.467 e. The monoisotopic (exact) mass is 387 g/mol. The van der Waals surface area contributed by atoms with Gasteiger partial charge in [0, 0.05) is 18.7 Å². The first-order valence-electron chi connectivity index (χ1n) is 9.75. The highest BCUT2D eigenvalue weighted by Crippen LogP contribution is 2.33. The molecule has 1 aromatic carbocycles. The lowest BCUT2D eigenvalue weighted by Crippen LogP contribution is -2.37. The van der Waals surface area contributed by atoms with E-state index < -0.39 is 0 Å². The molecule has 1 unspecified atom stereocenters. The van der Waals surface area contributed by atoms with Crippen LogP contribution in [0.3, 0.4) is 0 Å². The van der Waals surface area contributed by atoms with Crippen LogP contribution in [0.1, 0.15) is 29.5 Å². The Morgan fingerprint density at radius 2 is 1.93 bits per heavy atom. The minimum atomic E-state index is -0.230. The molecule has 6 heteroatoms. The summed E-state index contributed by atoms with van der Waals surface area (Å²) in [4.78, 5) is 15.3. The fourth-order valence-corrected chi connectivity index (χ4v) is 3.94. The number of fused-ring (bicyclic) bond motifs is 1. The van der Waals surface area contributed by atoms with Gasteiger partial charge in [-0.05, 0) is 54.5 Å². The molecule has 0 spiro atoms. The third-order valence-corrected chi connectivity index (χ3v) is 5.35. The largest absolute Gasteiger partial charge is 0.467 e. The van der Waals surface area contributed by atoms with Crippen LogP contribution in [0.2, 0.25) is 0 Å². The Balaban J connectivity index is 1.37. The molecule has 5 rings (SSSR count). The highest BCUT2D eigenvalue weighted by atomic mass is 16.3. The minimum absolute atomic E-state index is 0.0375. The topological polar surface area (TPSA) is 62.2 Å². The number of hydrogen-bond acceptors (Lipinski definition) is 5. The van der Waals surface area contributed by atoms with Crippen molar-refractivity contribution < 1.29 is 13.6 Å². The van der Waals surface area contributed by atoms with Gasteiger partial charge in [0.2, 0.25) is 0 Å². The number of hydrazone groups is 1. The molecule has 2 aliphatic heterocycles. The normalized spacial score (nSPS) is 18.5. The SMILES string of the molecule is O=C(CN1CCc2ccccc21)N1N=C(C=Cc2ccco2)CC1c1ccco1. The van der Waals surface area contributed by atoms with Crippen LogP contribution in [0.15, 0.2) is 81.1 Å². The zero-order valence-corrected chi connectivity index (χ0v) is 15.9. The van der Waals surface area contributed by atoms with Crippen molar-refractivity contribution in [3.05, 3.63) is 84.2 Å². The number of carbonyl (C=O) groups excluding carboxylic acids is 1. The van der Waals surface area contributed by atoms with Crippen molar-refractivity contribution in [3.63, 3.8) is 0 Å². The van der Waals surface area contributed by atoms with E-state index >= 15 is 0 Å². The number of furan rings is 2. The zero-order chi connectivity index (χ0) is 19.6. The van der Waals surface area contributed by atoms with Crippen molar-refractivity contribution in [2.24, 2.45) is 5.10 Å². The second-order valence-electron chi connectivity index (χ2n) is 7.21. The van der Waals surface area contributed by atoms with Gasteiger partial charge in [-0.1, -0.05) is 18.2 Å². The Labute approximate surface area is 168 Å². The Morgan fingerprint density at radius 1 is 1.07 bits per heavy atom. The van der Waals surface area contributed by atoms with Crippen LogP contribution in [0.5, 0.6) is 0 Å². The van der Waals surface area contributed by atoms with E-state index in [1.165, 1.54) is 5.56 Å². The summed E-state index contributed by atoms with van der Waals surface area (Å²) in [6, 6.07) is 15.5.